The number of hydrogen-bond donors (Lipinski definition) is 1. The Morgan fingerprint density at radius 1 is 1.14 bits per heavy atom. The van der Waals surface area contributed by atoms with Crippen molar-refractivity contribution in [1.82, 2.24) is 25.5 Å². The molecule has 2 amide bonds. The van der Waals surface area contributed by atoms with Crippen molar-refractivity contribution < 1.29 is 18.4 Å². The van der Waals surface area contributed by atoms with Gasteiger partial charge in [-0.25, -0.2) is 0 Å². The van der Waals surface area contributed by atoms with E-state index in [1.54, 1.807) is 24.3 Å². The number of amides is 2. The van der Waals surface area contributed by atoms with E-state index < -0.39 is 6.04 Å². The Kier molecular flexibility index (Phi) is 6.89. The number of carbonyl (C=O) groups excluding carboxylic acids is 2. The van der Waals surface area contributed by atoms with Crippen LogP contribution >= 0.6 is 0 Å². The van der Waals surface area contributed by atoms with Gasteiger partial charge in [0, 0.05) is 11.7 Å². The third-order valence-corrected chi connectivity index (χ3v) is 6.59. The molecule has 1 N–H and O–H groups in total. The SMILES string of the molecule is Cc1ccc(N(C(=O)Cn2nnc(-c3ccc(C)o3)n2)C(C(=O)NC2CCCC2)c2ccco2)c(C)c1. The van der Waals surface area contributed by atoms with Gasteiger partial charge in [0.15, 0.2) is 11.8 Å². The molecular weight excluding hydrogens is 472 g/mol. The highest BCUT2D eigenvalue weighted by Crippen LogP contribution is 2.32. The van der Waals surface area contributed by atoms with E-state index >= 15 is 0 Å². The zero-order valence-electron chi connectivity index (χ0n) is 21.2. The van der Waals surface area contributed by atoms with Crippen molar-refractivity contribution in [2.45, 2.75) is 65.1 Å². The Bertz CT molecular complexity index is 1380. The Balaban J connectivity index is 1.50. The fraction of sp³-hybridized carbons (Fsp3) is 0.370. The molecule has 1 fully saturated rings. The molecule has 3 aromatic heterocycles. The highest BCUT2D eigenvalue weighted by atomic mass is 16.3. The number of benzene rings is 1. The summed E-state index contributed by atoms with van der Waals surface area (Å²) in [7, 11) is 0. The minimum Gasteiger partial charge on any atom is -0.467 e. The topological polar surface area (TPSA) is 119 Å². The molecule has 10 heteroatoms. The summed E-state index contributed by atoms with van der Waals surface area (Å²) in [6.07, 6.45) is 5.50. The van der Waals surface area contributed by atoms with Crippen molar-refractivity contribution >= 4 is 17.5 Å². The molecule has 0 bridgehead atoms. The first-order chi connectivity index (χ1) is 17.9. The van der Waals surface area contributed by atoms with Crippen molar-refractivity contribution in [2.75, 3.05) is 4.90 Å². The molecule has 1 aliphatic carbocycles. The van der Waals surface area contributed by atoms with Crippen LogP contribution in [0.25, 0.3) is 11.6 Å². The lowest BCUT2D eigenvalue weighted by Gasteiger charge is -2.31. The molecule has 0 aliphatic heterocycles. The summed E-state index contributed by atoms with van der Waals surface area (Å²) in [6.45, 7) is 5.50. The van der Waals surface area contributed by atoms with Gasteiger partial charge in [0.25, 0.3) is 11.8 Å². The number of hydrogen-bond acceptors (Lipinski definition) is 7. The van der Waals surface area contributed by atoms with Crippen LogP contribution in [0.2, 0.25) is 0 Å². The second-order valence-corrected chi connectivity index (χ2v) is 9.52. The standard InChI is InChI=1S/C27H30N6O4/c1-17-10-12-21(18(2)15-17)33(24(34)16-32-30-26(29-31-32)23-13-11-19(3)37-23)25(22-9-6-14-36-22)27(35)28-20-7-4-5-8-20/h6,9-15,20,25H,4-5,7-8,16H2,1-3H3,(H,28,35). The lowest BCUT2D eigenvalue weighted by atomic mass is 10.0. The normalized spacial score (nSPS) is 14.6. The maximum atomic E-state index is 13.9. The number of carbonyl (C=O) groups is 2. The van der Waals surface area contributed by atoms with Crippen LogP contribution in [0.15, 0.2) is 57.6 Å². The number of nitrogens with zero attached hydrogens (tertiary/aromatic N) is 5. The van der Waals surface area contributed by atoms with Crippen molar-refractivity contribution in [1.29, 1.82) is 0 Å². The third kappa shape index (κ3) is 5.32. The summed E-state index contributed by atoms with van der Waals surface area (Å²) in [5, 5.41) is 15.5. The zero-order chi connectivity index (χ0) is 25.9. The molecule has 0 radical (unpaired) electrons. The third-order valence-electron chi connectivity index (χ3n) is 6.59. The van der Waals surface area contributed by atoms with Gasteiger partial charge in [0.2, 0.25) is 5.82 Å². The largest absolute Gasteiger partial charge is 0.467 e. The Labute approximate surface area is 214 Å². The predicted octanol–water partition coefficient (Wildman–Crippen LogP) is 4.28. The number of rotatable bonds is 8. The average molecular weight is 503 g/mol. The summed E-state index contributed by atoms with van der Waals surface area (Å²) in [5.41, 5.74) is 2.52. The second-order valence-electron chi connectivity index (χ2n) is 9.52. The van der Waals surface area contributed by atoms with Crippen molar-refractivity contribution in [3.05, 3.63) is 71.4 Å². The minimum absolute atomic E-state index is 0.0809. The molecule has 1 unspecified atom stereocenters. The quantitative estimate of drug-likeness (QED) is 0.382. The molecule has 1 aromatic carbocycles. The average Bonchev–Trinajstić information content (AvgIpc) is 3.66. The van der Waals surface area contributed by atoms with Crippen LogP contribution in [0.3, 0.4) is 0 Å². The molecular formula is C27H30N6O4. The molecule has 10 nitrogen and oxygen atoms in total. The smallest absolute Gasteiger partial charge is 0.251 e. The number of furan rings is 2. The van der Waals surface area contributed by atoms with Gasteiger partial charge in [-0.1, -0.05) is 30.5 Å². The van der Waals surface area contributed by atoms with E-state index in [0.29, 0.717) is 17.2 Å². The van der Waals surface area contributed by atoms with Crippen molar-refractivity contribution in [3.8, 4) is 11.6 Å². The van der Waals surface area contributed by atoms with E-state index in [9.17, 15) is 9.59 Å². The van der Waals surface area contributed by atoms with Gasteiger partial charge in [-0.05, 0) is 74.7 Å². The van der Waals surface area contributed by atoms with Gasteiger partial charge >= 0.3 is 0 Å². The van der Waals surface area contributed by atoms with E-state index in [1.807, 2.05) is 39.0 Å². The van der Waals surface area contributed by atoms with Crippen LogP contribution in [-0.4, -0.2) is 38.1 Å². The summed E-state index contributed by atoms with van der Waals surface area (Å²) < 4.78 is 11.3. The van der Waals surface area contributed by atoms with Crippen LogP contribution in [-0.2, 0) is 16.1 Å². The maximum Gasteiger partial charge on any atom is 0.251 e. The van der Waals surface area contributed by atoms with Crippen LogP contribution in [0.4, 0.5) is 5.69 Å². The van der Waals surface area contributed by atoms with Gasteiger partial charge in [-0.2, -0.15) is 4.80 Å². The first-order valence-corrected chi connectivity index (χ1v) is 12.5. The zero-order valence-corrected chi connectivity index (χ0v) is 21.2. The lowest BCUT2D eigenvalue weighted by molar-refractivity contribution is -0.128. The van der Waals surface area contributed by atoms with Crippen LogP contribution in [0, 0.1) is 20.8 Å². The molecule has 1 atom stereocenters. The maximum absolute atomic E-state index is 13.9. The van der Waals surface area contributed by atoms with Crippen LogP contribution in [0.5, 0.6) is 0 Å². The lowest BCUT2D eigenvalue weighted by Crippen LogP contribution is -2.47. The van der Waals surface area contributed by atoms with Crippen molar-refractivity contribution in [2.24, 2.45) is 0 Å². The summed E-state index contributed by atoms with van der Waals surface area (Å²) in [6, 6.07) is 11.8. The van der Waals surface area contributed by atoms with E-state index in [1.165, 1.54) is 16.0 Å². The molecule has 37 heavy (non-hydrogen) atoms. The monoisotopic (exact) mass is 502 g/mol. The fourth-order valence-corrected chi connectivity index (χ4v) is 4.82. The van der Waals surface area contributed by atoms with Gasteiger partial charge in [-0.3, -0.25) is 14.5 Å². The second kappa shape index (κ2) is 10.4. The van der Waals surface area contributed by atoms with E-state index in [2.05, 4.69) is 20.7 Å². The Morgan fingerprint density at radius 2 is 1.95 bits per heavy atom. The first kappa shape index (κ1) is 24.5. The number of tetrazole rings is 1. The molecule has 4 aromatic rings. The van der Waals surface area contributed by atoms with E-state index in [0.717, 1.165) is 42.6 Å². The molecule has 0 spiro atoms. The summed E-state index contributed by atoms with van der Waals surface area (Å²) in [5.74, 6) is 1.18. The van der Waals surface area contributed by atoms with Crippen molar-refractivity contribution in [3.63, 3.8) is 0 Å². The number of aromatic nitrogens is 4. The van der Waals surface area contributed by atoms with Crippen LogP contribution < -0.4 is 10.2 Å². The van der Waals surface area contributed by atoms with E-state index in [-0.39, 0.29) is 30.2 Å². The molecule has 3 heterocycles. The molecule has 5 rings (SSSR count). The minimum atomic E-state index is -1.000. The van der Waals surface area contributed by atoms with E-state index in [4.69, 9.17) is 8.83 Å². The Hall–Kier alpha value is -4.21. The molecule has 1 saturated carbocycles. The molecule has 192 valence electrons. The van der Waals surface area contributed by atoms with Crippen LogP contribution in [0.1, 0.15) is 54.4 Å². The predicted molar refractivity (Wildman–Crippen MR) is 136 cm³/mol. The summed E-state index contributed by atoms with van der Waals surface area (Å²) >= 11 is 0. The fourth-order valence-electron chi connectivity index (χ4n) is 4.82. The highest BCUT2D eigenvalue weighted by Gasteiger charge is 2.37. The number of anilines is 1. The number of nitrogens with one attached hydrogen (secondary N) is 1. The van der Waals surface area contributed by atoms with Gasteiger partial charge in [0.1, 0.15) is 18.1 Å². The first-order valence-electron chi connectivity index (χ1n) is 12.5. The highest BCUT2D eigenvalue weighted by molar-refractivity contribution is 6.01. The van der Waals surface area contributed by atoms with Gasteiger partial charge in [0.05, 0.1) is 6.26 Å². The van der Waals surface area contributed by atoms with Gasteiger partial charge < -0.3 is 14.2 Å². The number of aryl methyl sites for hydroxylation is 3. The van der Waals surface area contributed by atoms with Gasteiger partial charge in [-0.15, -0.1) is 10.2 Å². The Morgan fingerprint density at radius 3 is 2.62 bits per heavy atom. The molecule has 0 saturated heterocycles. The summed E-state index contributed by atoms with van der Waals surface area (Å²) in [4.78, 5) is 30.3. The molecule has 1 aliphatic rings.